The highest BCUT2D eigenvalue weighted by Gasteiger charge is 2.47. The second kappa shape index (κ2) is 10.3. The van der Waals surface area contributed by atoms with Gasteiger partial charge in [0.15, 0.2) is 5.60 Å². The molecule has 0 aromatic heterocycles. The minimum absolute atomic E-state index is 0.245. The molecule has 1 nitrogen and oxygen atoms in total. The molecule has 0 saturated carbocycles. The van der Waals surface area contributed by atoms with E-state index in [4.69, 9.17) is 4.74 Å². The molecule has 1 heterocycles. The van der Waals surface area contributed by atoms with Crippen molar-refractivity contribution in [3.05, 3.63) is 167 Å². The van der Waals surface area contributed by atoms with Gasteiger partial charge in [-0.3, -0.25) is 0 Å². The quantitative estimate of drug-likeness (QED) is 0.194. The van der Waals surface area contributed by atoms with Crippen molar-refractivity contribution >= 4 is 16.8 Å². The normalized spacial score (nSPS) is 17.4. The molecular formula is C42H32F2O. The Morgan fingerprint density at radius 3 is 1.96 bits per heavy atom. The molecule has 0 radical (unpaired) electrons. The molecule has 1 aliphatic heterocycles. The van der Waals surface area contributed by atoms with Crippen LogP contribution in [0.15, 0.2) is 127 Å². The molecule has 1 unspecified atom stereocenters. The van der Waals surface area contributed by atoms with Gasteiger partial charge in [0, 0.05) is 27.5 Å². The molecule has 6 aromatic carbocycles. The van der Waals surface area contributed by atoms with E-state index in [-0.39, 0.29) is 11.6 Å². The van der Waals surface area contributed by atoms with Crippen molar-refractivity contribution in [1.82, 2.24) is 0 Å². The molecule has 0 saturated heterocycles. The molecule has 1 atom stereocenters. The summed E-state index contributed by atoms with van der Waals surface area (Å²) in [6.45, 7) is 4.34. The average molecular weight is 591 g/mol. The number of rotatable bonds is 5. The monoisotopic (exact) mass is 590 g/mol. The van der Waals surface area contributed by atoms with Gasteiger partial charge in [0.05, 0.1) is 0 Å². The maximum atomic E-state index is 15.1. The Hall–Kier alpha value is -5.02. The van der Waals surface area contributed by atoms with E-state index in [2.05, 4.69) is 74.5 Å². The van der Waals surface area contributed by atoms with Crippen molar-refractivity contribution in [3.8, 4) is 28.0 Å². The third-order valence-corrected chi connectivity index (χ3v) is 10.1. The number of fused-ring (bicyclic) bond motifs is 8. The molecule has 0 N–H and O–H groups in total. The Kier molecular flexibility index (Phi) is 6.28. The molecule has 3 heteroatoms. The van der Waals surface area contributed by atoms with Crippen LogP contribution in [0.4, 0.5) is 8.78 Å². The molecule has 2 aliphatic rings. The summed E-state index contributed by atoms with van der Waals surface area (Å²) < 4.78 is 37.3. The minimum Gasteiger partial charge on any atom is -0.472 e. The van der Waals surface area contributed by atoms with Crippen LogP contribution in [0.25, 0.3) is 39.1 Å². The first-order valence-electron chi connectivity index (χ1n) is 15.7. The van der Waals surface area contributed by atoms with Gasteiger partial charge in [0.25, 0.3) is 0 Å². The Bertz CT molecular complexity index is 2110. The van der Waals surface area contributed by atoms with Gasteiger partial charge in [0.2, 0.25) is 0 Å². The number of benzene rings is 6. The molecule has 8 rings (SSSR count). The van der Waals surface area contributed by atoms with Gasteiger partial charge in [-0.15, -0.1) is 0 Å². The molecule has 0 bridgehead atoms. The summed E-state index contributed by atoms with van der Waals surface area (Å²) in [6, 6.07) is 39.1. The van der Waals surface area contributed by atoms with Crippen molar-refractivity contribution in [2.75, 3.05) is 0 Å². The van der Waals surface area contributed by atoms with Crippen LogP contribution < -0.4 is 4.74 Å². The highest BCUT2D eigenvalue weighted by Crippen LogP contribution is 2.60. The van der Waals surface area contributed by atoms with Crippen LogP contribution >= 0.6 is 0 Å². The fraction of sp³-hybridized carbons (Fsp3) is 0.143. The predicted octanol–water partition coefficient (Wildman–Crippen LogP) is 11.2. The lowest BCUT2D eigenvalue weighted by molar-refractivity contribution is 0.163. The smallest absolute Gasteiger partial charge is 0.178 e. The minimum atomic E-state index is -0.949. The summed E-state index contributed by atoms with van der Waals surface area (Å²) in [7, 11) is 0. The van der Waals surface area contributed by atoms with Crippen LogP contribution in [0.5, 0.6) is 5.75 Å². The standard InChI is InChI=1S/C42H32F2O/c1-3-41(4-2)37-26-32(44)20-22-34(37)38-33-21-19-31(43)25-36(33)40-35(39(38)41)23-24-42(45-40,29-13-9-6-10-14-29)30-17-15-28(16-18-30)27-11-7-5-8-12-27/h5-26H,3-4H2,1-2H3. The Labute approximate surface area is 262 Å². The van der Waals surface area contributed by atoms with Crippen molar-refractivity contribution in [2.24, 2.45) is 0 Å². The predicted molar refractivity (Wildman–Crippen MR) is 179 cm³/mol. The SMILES string of the molecule is CCC1(CC)c2cc(F)ccc2-c2c1c1c(c3cc(F)ccc23)OC(c2ccccc2)(c2ccc(-c3ccccc3)cc2)C=C1. The van der Waals surface area contributed by atoms with Crippen molar-refractivity contribution in [2.45, 2.75) is 37.7 Å². The number of hydrogen-bond acceptors (Lipinski definition) is 1. The van der Waals surface area contributed by atoms with E-state index >= 15 is 4.39 Å². The van der Waals surface area contributed by atoms with Crippen LogP contribution in [-0.2, 0) is 11.0 Å². The van der Waals surface area contributed by atoms with E-state index in [9.17, 15) is 4.39 Å². The van der Waals surface area contributed by atoms with Gasteiger partial charge in [-0.1, -0.05) is 117 Å². The Morgan fingerprint density at radius 1 is 0.622 bits per heavy atom. The summed E-state index contributed by atoms with van der Waals surface area (Å²) in [5.41, 5.74) is 8.00. The van der Waals surface area contributed by atoms with E-state index in [0.717, 1.165) is 68.3 Å². The molecule has 0 spiro atoms. The summed E-state index contributed by atoms with van der Waals surface area (Å²) in [5.74, 6) is 0.0853. The first-order chi connectivity index (χ1) is 22.0. The molecule has 45 heavy (non-hydrogen) atoms. The summed E-state index contributed by atoms with van der Waals surface area (Å²) in [6.07, 6.45) is 5.91. The molecular weight excluding hydrogens is 558 g/mol. The third kappa shape index (κ3) is 3.96. The second-order valence-corrected chi connectivity index (χ2v) is 12.1. The topological polar surface area (TPSA) is 9.23 Å². The molecule has 1 aliphatic carbocycles. The Morgan fingerprint density at radius 2 is 1.24 bits per heavy atom. The molecule has 0 amide bonds. The van der Waals surface area contributed by atoms with E-state index in [1.807, 2.05) is 48.5 Å². The van der Waals surface area contributed by atoms with Crippen molar-refractivity contribution < 1.29 is 13.5 Å². The van der Waals surface area contributed by atoms with Crippen molar-refractivity contribution in [3.63, 3.8) is 0 Å². The highest BCUT2D eigenvalue weighted by atomic mass is 19.1. The highest BCUT2D eigenvalue weighted by molar-refractivity contribution is 6.08. The summed E-state index contributed by atoms with van der Waals surface area (Å²) in [5, 5.41) is 1.63. The maximum Gasteiger partial charge on any atom is 0.178 e. The van der Waals surface area contributed by atoms with Crippen LogP contribution in [0, 0.1) is 11.6 Å². The van der Waals surface area contributed by atoms with Crippen LogP contribution in [-0.4, -0.2) is 0 Å². The maximum absolute atomic E-state index is 15.1. The van der Waals surface area contributed by atoms with Crippen LogP contribution in [0.2, 0.25) is 0 Å². The van der Waals surface area contributed by atoms with Gasteiger partial charge < -0.3 is 4.74 Å². The van der Waals surface area contributed by atoms with Gasteiger partial charge in [-0.05, 0) is 82.0 Å². The number of halogens is 2. The zero-order valence-electron chi connectivity index (χ0n) is 25.3. The number of ether oxygens (including phenoxy) is 1. The van der Waals surface area contributed by atoms with E-state index in [0.29, 0.717) is 11.1 Å². The van der Waals surface area contributed by atoms with Gasteiger partial charge in [-0.2, -0.15) is 0 Å². The third-order valence-electron chi connectivity index (χ3n) is 10.1. The lowest BCUT2D eigenvalue weighted by Crippen LogP contribution is -2.35. The average Bonchev–Trinajstić information content (AvgIpc) is 3.38. The van der Waals surface area contributed by atoms with E-state index < -0.39 is 11.0 Å². The largest absolute Gasteiger partial charge is 0.472 e. The van der Waals surface area contributed by atoms with Crippen LogP contribution in [0.1, 0.15) is 54.5 Å². The fourth-order valence-electron chi connectivity index (χ4n) is 7.84. The summed E-state index contributed by atoms with van der Waals surface area (Å²) >= 11 is 0. The molecule has 0 fully saturated rings. The first kappa shape index (κ1) is 27.5. The van der Waals surface area contributed by atoms with Gasteiger partial charge in [-0.25, -0.2) is 8.78 Å². The summed E-state index contributed by atoms with van der Waals surface area (Å²) in [4.78, 5) is 0. The fourth-order valence-corrected chi connectivity index (χ4v) is 7.84. The zero-order valence-corrected chi connectivity index (χ0v) is 25.3. The Balaban J connectivity index is 1.41. The van der Waals surface area contributed by atoms with Gasteiger partial charge in [0.1, 0.15) is 17.4 Å². The van der Waals surface area contributed by atoms with Crippen LogP contribution in [0.3, 0.4) is 0 Å². The second-order valence-electron chi connectivity index (χ2n) is 12.1. The van der Waals surface area contributed by atoms with E-state index in [1.54, 1.807) is 12.1 Å². The molecule has 6 aromatic rings. The zero-order chi connectivity index (χ0) is 30.8. The lowest BCUT2D eigenvalue weighted by Gasteiger charge is -2.39. The lowest BCUT2D eigenvalue weighted by atomic mass is 9.71. The van der Waals surface area contributed by atoms with Gasteiger partial charge >= 0.3 is 0 Å². The van der Waals surface area contributed by atoms with Crippen molar-refractivity contribution in [1.29, 1.82) is 0 Å². The first-order valence-corrected chi connectivity index (χ1v) is 15.7. The number of hydrogen-bond donors (Lipinski definition) is 0. The van der Waals surface area contributed by atoms with E-state index in [1.165, 1.54) is 12.1 Å². The molecule has 220 valence electrons.